The second-order valence-electron chi connectivity index (χ2n) is 3.57. The lowest BCUT2D eigenvalue weighted by Gasteiger charge is -2.18. The SMILES string of the molecule is COC(=O)c1cc2c(nc1OC)CCNC2. The summed E-state index contributed by atoms with van der Waals surface area (Å²) in [6, 6.07) is 1.79. The number of hydrogen-bond acceptors (Lipinski definition) is 5. The molecular weight excluding hydrogens is 208 g/mol. The first kappa shape index (κ1) is 10.9. The van der Waals surface area contributed by atoms with Crippen molar-refractivity contribution in [3.8, 4) is 5.88 Å². The van der Waals surface area contributed by atoms with Crippen molar-refractivity contribution >= 4 is 5.97 Å². The van der Waals surface area contributed by atoms with Crippen molar-refractivity contribution in [2.75, 3.05) is 20.8 Å². The Morgan fingerprint density at radius 2 is 2.31 bits per heavy atom. The Morgan fingerprint density at radius 1 is 1.50 bits per heavy atom. The third-order valence-corrected chi connectivity index (χ3v) is 2.61. The van der Waals surface area contributed by atoms with Crippen molar-refractivity contribution in [2.24, 2.45) is 0 Å². The van der Waals surface area contributed by atoms with E-state index in [0.717, 1.165) is 30.8 Å². The van der Waals surface area contributed by atoms with Crippen LogP contribution in [0.15, 0.2) is 6.07 Å². The number of hydrogen-bond donors (Lipinski definition) is 1. The highest BCUT2D eigenvalue weighted by atomic mass is 16.5. The molecule has 1 aliphatic heterocycles. The number of carbonyl (C=O) groups excluding carboxylic acids is 1. The molecule has 5 heteroatoms. The standard InChI is InChI=1S/C11H14N2O3/c1-15-10-8(11(14)16-2)5-7-6-12-4-3-9(7)13-10/h5,12H,3-4,6H2,1-2H3. The number of rotatable bonds is 2. The molecule has 0 saturated heterocycles. The van der Waals surface area contributed by atoms with E-state index in [1.165, 1.54) is 14.2 Å². The lowest BCUT2D eigenvalue weighted by atomic mass is 10.0. The minimum atomic E-state index is -0.419. The van der Waals surface area contributed by atoms with Gasteiger partial charge in [0.1, 0.15) is 5.56 Å². The maximum Gasteiger partial charge on any atom is 0.343 e. The van der Waals surface area contributed by atoms with Crippen LogP contribution >= 0.6 is 0 Å². The zero-order chi connectivity index (χ0) is 11.5. The van der Waals surface area contributed by atoms with Gasteiger partial charge < -0.3 is 14.8 Å². The zero-order valence-electron chi connectivity index (χ0n) is 9.37. The highest BCUT2D eigenvalue weighted by Gasteiger charge is 2.19. The Balaban J connectivity index is 2.47. The van der Waals surface area contributed by atoms with Gasteiger partial charge in [0.25, 0.3) is 0 Å². The van der Waals surface area contributed by atoms with Crippen molar-refractivity contribution in [2.45, 2.75) is 13.0 Å². The van der Waals surface area contributed by atoms with E-state index >= 15 is 0 Å². The second-order valence-corrected chi connectivity index (χ2v) is 3.57. The highest BCUT2D eigenvalue weighted by molar-refractivity contribution is 5.92. The molecule has 16 heavy (non-hydrogen) atoms. The van der Waals surface area contributed by atoms with Gasteiger partial charge in [0.15, 0.2) is 0 Å². The molecule has 0 atom stereocenters. The summed E-state index contributed by atoms with van der Waals surface area (Å²) in [5.74, 6) is -0.0785. The van der Waals surface area contributed by atoms with Crippen LogP contribution in [0.2, 0.25) is 0 Å². The number of ether oxygens (including phenoxy) is 2. The number of methoxy groups -OCH3 is 2. The minimum Gasteiger partial charge on any atom is -0.480 e. The van der Waals surface area contributed by atoms with Crippen molar-refractivity contribution in [1.29, 1.82) is 0 Å². The molecule has 5 nitrogen and oxygen atoms in total. The zero-order valence-corrected chi connectivity index (χ0v) is 9.37. The molecule has 2 rings (SSSR count). The Kier molecular flexibility index (Phi) is 3.05. The van der Waals surface area contributed by atoms with Crippen molar-refractivity contribution in [3.05, 3.63) is 22.9 Å². The van der Waals surface area contributed by atoms with Gasteiger partial charge in [-0.2, -0.15) is 0 Å². The Bertz CT molecular complexity index is 418. The molecule has 0 amide bonds. The fourth-order valence-corrected chi connectivity index (χ4v) is 1.79. The van der Waals surface area contributed by atoms with E-state index in [4.69, 9.17) is 9.47 Å². The predicted octanol–water partition coefficient (Wildman–Crippen LogP) is 0.522. The van der Waals surface area contributed by atoms with E-state index in [0.29, 0.717) is 11.4 Å². The molecule has 1 aromatic heterocycles. The highest BCUT2D eigenvalue weighted by Crippen LogP contribution is 2.22. The Hall–Kier alpha value is -1.62. The number of carbonyl (C=O) groups is 1. The molecule has 2 heterocycles. The van der Waals surface area contributed by atoms with Crippen molar-refractivity contribution in [1.82, 2.24) is 10.3 Å². The summed E-state index contributed by atoms with van der Waals surface area (Å²) >= 11 is 0. The summed E-state index contributed by atoms with van der Waals surface area (Å²) < 4.78 is 9.79. The van der Waals surface area contributed by atoms with Gasteiger partial charge in [0.2, 0.25) is 5.88 Å². The summed E-state index contributed by atoms with van der Waals surface area (Å²) in [5, 5.41) is 3.23. The third-order valence-electron chi connectivity index (χ3n) is 2.61. The number of nitrogens with zero attached hydrogens (tertiary/aromatic N) is 1. The Labute approximate surface area is 93.8 Å². The van der Waals surface area contributed by atoms with E-state index in [2.05, 4.69) is 10.3 Å². The van der Waals surface area contributed by atoms with E-state index < -0.39 is 5.97 Å². The molecule has 0 aliphatic carbocycles. The lowest BCUT2D eigenvalue weighted by molar-refractivity contribution is 0.0596. The van der Waals surface area contributed by atoms with Crippen LogP contribution in [0.5, 0.6) is 5.88 Å². The van der Waals surface area contributed by atoms with Gasteiger partial charge in [-0.3, -0.25) is 0 Å². The third kappa shape index (κ3) is 1.86. The van der Waals surface area contributed by atoms with E-state index in [9.17, 15) is 4.79 Å². The second kappa shape index (κ2) is 4.49. The normalized spacial score (nSPS) is 14.1. The van der Waals surface area contributed by atoms with Crippen LogP contribution in [0.1, 0.15) is 21.6 Å². The van der Waals surface area contributed by atoms with Crippen LogP contribution in [0.3, 0.4) is 0 Å². The van der Waals surface area contributed by atoms with E-state index in [-0.39, 0.29) is 0 Å². The molecule has 1 aromatic rings. The average molecular weight is 222 g/mol. The molecule has 0 fully saturated rings. The average Bonchev–Trinajstić information content (AvgIpc) is 2.36. The number of aromatic nitrogens is 1. The molecule has 1 N–H and O–H groups in total. The summed E-state index contributed by atoms with van der Waals surface area (Å²) in [7, 11) is 2.85. The number of fused-ring (bicyclic) bond motifs is 1. The first-order valence-electron chi connectivity index (χ1n) is 5.12. The molecule has 0 radical (unpaired) electrons. The lowest BCUT2D eigenvalue weighted by Crippen LogP contribution is -2.25. The summed E-state index contributed by atoms with van der Waals surface area (Å²) in [4.78, 5) is 15.9. The van der Waals surface area contributed by atoms with Crippen LogP contribution in [0.25, 0.3) is 0 Å². The number of esters is 1. The maximum absolute atomic E-state index is 11.5. The maximum atomic E-state index is 11.5. The number of pyridine rings is 1. The quantitative estimate of drug-likeness (QED) is 0.739. The molecule has 0 aromatic carbocycles. The van der Waals surface area contributed by atoms with Crippen LogP contribution in [0.4, 0.5) is 0 Å². The predicted molar refractivity (Wildman–Crippen MR) is 57.5 cm³/mol. The molecular formula is C11H14N2O3. The van der Waals surface area contributed by atoms with Crippen LogP contribution in [-0.2, 0) is 17.7 Å². The van der Waals surface area contributed by atoms with Gasteiger partial charge >= 0.3 is 5.97 Å². The fourth-order valence-electron chi connectivity index (χ4n) is 1.79. The van der Waals surface area contributed by atoms with Gasteiger partial charge in [0, 0.05) is 19.5 Å². The first-order valence-corrected chi connectivity index (χ1v) is 5.12. The van der Waals surface area contributed by atoms with Crippen molar-refractivity contribution < 1.29 is 14.3 Å². The summed E-state index contributed by atoms with van der Waals surface area (Å²) in [6.45, 7) is 1.64. The summed E-state index contributed by atoms with van der Waals surface area (Å²) in [6.07, 6.45) is 0.854. The Morgan fingerprint density at radius 3 is 3.00 bits per heavy atom. The summed E-state index contributed by atoms with van der Waals surface area (Å²) in [5.41, 5.74) is 2.41. The van der Waals surface area contributed by atoms with Gasteiger partial charge in [-0.25, -0.2) is 9.78 Å². The monoisotopic (exact) mass is 222 g/mol. The van der Waals surface area contributed by atoms with Gasteiger partial charge in [-0.15, -0.1) is 0 Å². The largest absolute Gasteiger partial charge is 0.480 e. The number of nitrogens with one attached hydrogen (secondary N) is 1. The van der Waals surface area contributed by atoms with Crippen LogP contribution in [-0.4, -0.2) is 31.7 Å². The van der Waals surface area contributed by atoms with Crippen molar-refractivity contribution in [3.63, 3.8) is 0 Å². The van der Waals surface area contributed by atoms with Gasteiger partial charge in [-0.05, 0) is 11.6 Å². The fraction of sp³-hybridized carbons (Fsp3) is 0.455. The van der Waals surface area contributed by atoms with E-state index in [1.807, 2.05) is 0 Å². The smallest absolute Gasteiger partial charge is 0.343 e. The van der Waals surface area contributed by atoms with Crippen LogP contribution in [0, 0.1) is 0 Å². The van der Waals surface area contributed by atoms with Gasteiger partial charge in [0.05, 0.1) is 19.9 Å². The molecule has 0 bridgehead atoms. The molecule has 0 saturated carbocycles. The van der Waals surface area contributed by atoms with Gasteiger partial charge in [-0.1, -0.05) is 0 Å². The van der Waals surface area contributed by atoms with Crippen LogP contribution < -0.4 is 10.1 Å². The topological polar surface area (TPSA) is 60.5 Å². The molecule has 86 valence electrons. The minimum absolute atomic E-state index is 0.340. The molecule has 1 aliphatic rings. The first-order chi connectivity index (χ1) is 7.76. The molecule has 0 spiro atoms. The van der Waals surface area contributed by atoms with E-state index in [1.54, 1.807) is 6.07 Å². The molecule has 0 unspecified atom stereocenters.